The second-order valence-corrected chi connectivity index (χ2v) is 9.94. The maximum Gasteiger partial charge on any atom is 0.407 e. The second-order valence-electron chi connectivity index (χ2n) is 9.94. The summed E-state index contributed by atoms with van der Waals surface area (Å²) in [6.45, 7) is 9.76. The Bertz CT molecular complexity index is 1030. The van der Waals surface area contributed by atoms with Gasteiger partial charge >= 0.3 is 6.09 Å². The molecule has 2 aromatic heterocycles. The van der Waals surface area contributed by atoms with Crippen molar-refractivity contribution in [2.24, 2.45) is 7.05 Å². The lowest BCUT2D eigenvalue weighted by Gasteiger charge is -2.22. The van der Waals surface area contributed by atoms with E-state index in [0.29, 0.717) is 42.3 Å². The number of rotatable bonds is 7. The molecule has 11 heteroatoms. The van der Waals surface area contributed by atoms with Crippen LogP contribution in [0, 0.1) is 0 Å². The molecule has 0 aromatic carbocycles. The molecule has 1 saturated carbocycles. The summed E-state index contributed by atoms with van der Waals surface area (Å²) < 4.78 is 28.8. The third kappa shape index (κ3) is 5.75. The van der Waals surface area contributed by atoms with Gasteiger partial charge in [0.25, 0.3) is 5.91 Å². The van der Waals surface area contributed by atoms with E-state index in [0.717, 1.165) is 0 Å². The molecular weight excluding hydrogens is 443 g/mol. The first-order chi connectivity index (χ1) is 15.9. The van der Waals surface area contributed by atoms with Crippen LogP contribution in [0.15, 0.2) is 12.1 Å². The van der Waals surface area contributed by atoms with E-state index in [1.165, 1.54) is 4.68 Å². The number of nitrogens with one attached hydrogen (secondary N) is 2. The van der Waals surface area contributed by atoms with Gasteiger partial charge < -0.3 is 20.1 Å². The molecule has 3 atom stereocenters. The van der Waals surface area contributed by atoms with Crippen molar-refractivity contribution >= 4 is 17.8 Å². The van der Waals surface area contributed by atoms with E-state index in [-0.39, 0.29) is 11.9 Å². The van der Waals surface area contributed by atoms with Crippen LogP contribution in [0.4, 0.5) is 15.0 Å². The number of carbonyl (C=O) groups excluding carboxylic acids is 2. The Hall–Kier alpha value is -2.95. The lowest BCUT2D eigenvalue weighted by atomic mass is 10.0. The van der Waals surface area contributed by atoms with E-state index in [2.05, 4.69) is 20.8 Å². The minimum Gasteiger partial charge on any atom is -0.443 e. The zero-order valence-corrected chi connectivity index (χ0v) is 20.9. The smallest absolute Gasteiger partial charge is 0.407 e. The zero-order chi connectivity index (χ0) is 25.2. The molecule has 2 heterocycles. The Morgan fingerprint density at radius 3 is 2.56 bits per heavy atom. The number of aryl methyl sites for hydroxylation is 1. The quantitative estimate of drug-likeness (QED) is 0.630. The number of alkyl carbamates (subject to hydrolysis) is 1. The first-order valence-electron chi connectivity index (χ1n) is 11.5. The SMILES string of the molecule is COCc1cc(C(=O)Nc2cc([C@@H]3CC[C@H](OC(=O)NC(C)C)[C@H]3F)nn2C(C)(C)C)n(C)n1. The van der Waals surface area contributed by atoms with Gasteiger partial charge in [0.1, 0.15) is 23.8 Å². The number of alkyl halides is 1. The third-order valence-electron chi connectivity index (χ3n) is 5.61. The van der Waals surface area contributed by atoms with Crippen molar-refractivity contribution in [2.45, 2.75) is 83.8 Å². The van der Waals surface area contributed by atoms with Gasteiger partial charge in [0.15, 0.2) is 0 Å². The van der Waals surface area contributed by atoms with Gasteiger partial charge in [-0.3, -0.25) is 9.48 Å². The van der Waals surface area contributed by atoms with Gasteiger partial charge in [0.2, 0.25) is 0 Å². The van der Waals surface area contributed by atoms with E-state index in [9.17, 15) is 9.59 Å². The van der Waals surface area contributed by atoms with Crippen LogP contribution in [0.2, 0.25) is 0 Å². The molecule has 1 aliphatic rings. The van der Waals surface area contributed by atoms with Gasteiger partial charge in [0, 0.05) is 32.2 Å². The van der Waals surface area contributed by atoms with E-state index in [1.807, 2.05) is 34.6 Å². The van der Waals surface area contributed by atoms with Crippen molar-refractivity contribution in [3.05, 3.63) is 29.2 Å². The molecule has 2 amide bonds. The number of hydrogen-bond acceptors (Lipinski definition) is 6. The van der Waals surface area contributed by atoms with Gasteiger partial charge in [-0.05, 0) is 53.5 Å². The Balaban J connectivity index is 1.80. The molecule has 1 fully saturated rings. The molecule has 34 heavy (non-hydrogen) atoms. The van der Waals surface area contributed by atoms with Crippen LogP contribution in [0.3, 0.4) is 0 Å². The molecule has 2 N–H and O–H groups in total. The molecule has 2 aromatic rings. The number of amides is 2. The van der Waals surface area contributed by atoms with Crippen LogP contribution >= 0.6 is 0 Å². The average Bonchev–Trinajstić information content (AvgIpc) is 3.39. The van der Waals surface area contributed by atoms with E-state index < -0.39 is 29.8 Å². The summed E-state index contributed by atoms with van der Waals surface area (Å²) in [6, 6.07) is 3.26. The zero-order valence-electron chi connectivity index (χ0n) is 20.9. The molecule has 1 aliphatic carbocycles. The normalized spacial score (nSPS) is 20.6. The fourth-order valence-corrected chi connectivity index (χ4v) is 4.08. The summed E-state index contributed by atoms with van der Waals surface area (Å²) >= 11 is 0. The summed E-state index contributed by atoms with van der Waals surface area (Å²) in [7, 11) is 3.24. The Kier molecular flexibility index (Phi) is 7.64. The van der Waals surface area contributed by atoms with E-state index in [4.69, 9.17) is 9.47 Å². The minimum absolute atomic E-state index is 0.0959. The van der Waals surface area contributed by atoms with Crippen molar-refractivity contribution in [3.63, 3.8) is 0 Å². The van der Waals surface area contributed by atoms with Crippen molar-refractivity contribution in [1.29, 1.82) is 0 Å². The number of nitrogens with zero attached hydrogens (tertiary/aromatic N) is 4. The number of hydrogen-bond donors (Lipinski definition) is 2. The number of aromatic nitrogens is 4. The fraction of sp³-hybridized carbons (Fsp3) is 0.652. The standard InChI is InChI=1S/C23H35FN6O4/c1-13(2)25-22(32)34-18-9-8-15(20(18)24)16-11-19(30(28-16)23(3,4)5)26-21(31)17-10-14(12-33-7)27-29(17)6/h10-11,13,15,18,20H,8-9,12H2,1-7H3,(H,25,32)(H,26,31)/t15-,18-,20-/m0/s1. The van der Waals surface area contributed by atoms with Crippen LogP contribution in [-0.2, 0) is 28.7 Å². The van der Waals surface area contributed by atoms with Gasteiger partial charge in [-0.2, -0.15) is 10.2 Å². The lowest BCUT2D eigenvalue weighted by molar-refractivity contribution is 0.0555. The molecule has 0 aliphatic heterocycles. The molecule has 0 unspecified atom stereocenters. The Labute approximate surface area is 199 Å². The fourth-order valence-electron chi connectivity index (χ4n) is 4.08. The molecular formula is C23H35FN6O4. The van der Waals surface area contributed by atoms with Crippen molar-refractivity contribution in [2.75, 3.05) is 12.4 Å². The van der Waals surface area contributed by atoms with Crippen molar-refractivity contribution in [1.82, 2.24) is 24.9 Å². The largest absolute Gasteiger partial charge is 0.443 e. The third-order valence-corrected chi connectivity index (χ3v) is 5.61. The highest BCUT2D eigenvalue weighted by molar-refractivity contribution is 6.02. The summed E-state index contributed by atoms with van der Waals surface area (Å²) in [5.74, 6) is -0.443. The van der Waals surface area contributed by atoms with E-state index in [1.54, 1.807) is 31.0 Å². The predicted molar refractivity (Wildman–Crippen MR) is 125 cm³/mol. The number of ether oxygens (including phenoxy) is 2. The molecule has 188 valence electrons. The number of carbonyl (C=O) groups is 2. The molecule has 0 spiro atoms. The molecule has 0 radical (unpaired) electrons. The van der Waals surface area contributed by atoms with Gasteiger partial charge in [-0.25, -0.2) is 13.9 Å². The van der Waals surface area contributed by atoms with Gasteiger partial charge in [-0.1, -0.05) is 0 Å². The summed E-state index contributed by atoms with van der Waals surface area (Å²) in [4.78, 5) is 24.9. The van der Waals surface area contributed by atoms with Crippen LogP contribution < -0.4 is 10.6 Å². The first-order valence-corrected chi connectivity index (χ1v) is 11.5. The van der Waals surface area contributed by atoms with Gasteiger partial charge in [-0.15, -0.1) is 0 Å². The van der Waals surface area contributed by atoms with E-state index >= 15 is 4.39 Å². The highest BCUT2D eigenvalue weighted by Crippen LogP contribution is 2.39. The highest BCUT2D eigenvalue weighted by atomic mass is 19.1. The van der Waals surface area contributed by atoms with Crippen LogP contribution in [0.5, 0.6) is 0 Å². The van der Waals surface area contributed by atoms with Crippen molar-refractivity contribution < 1.29 is 23.5 Å². The summed E-state index contributed by atoms with van der Waals surface area (Å²) in [5.41, 5.74) is 1.05. The van der Waals surface area contributed by atoms with Crippen LogP contribution in [0.25, 0.3) is 0 Å². The van der Waals surface area contributed by atoms with Crippen LogP contribution in [-0.4, -0.2) is 57.0 Å². The predicted octanol–water partition coefficient (Wildman–Crippen LogP) is 3.49. The maximum atomic E-state index is 15.3. The van der Waals surface area contributed by atoms with Gasteiger partial charge in [0.05, 0.1) is 23.5 Å². The maximum absolute atomic E-state index is 15.3. The average molecular weight is 479 g/mol. The molecule has 3 rings (SSSR count). The Morgan fingerprint density at radius 1 is 1.24 bits per heavy atom. The Morgan fingerprint density at radius 2 is 1.94 bits per heavy atom. The monoisotopic (exact) mass is 478 g/mol. The summed E-state index contributed by atoms with van der Waals surface area (Å²) in [5, 5.41) is 14.4. The topological polar surface area (TPSA) is 112 Å². The van der Waals surface area contributed by atoms with Crippen LogP contribution in [0.1, 0.15) is 75.3 Å². The number of methoxy groups -OCH3 is 1. The molecule has 0 bridgehead atoms. The number of anilines is 1. The molecule has 10 nitrogen and oxygen atoms in total. The minimum atomic E-state index is -1.39. The molecule has 0 saturated heterocycles. The lowest BCUT2D eigenvalue weighted by Crippen LogP contribution is -2.36. The number of halogens is 1. The second kappa shape index (κ2) is 10.1. The highest BCUT2D eigenvalue weighted by Gasteiger charge is 2.42. The van der Waals surface area contributed by atoms with Crippen molar-refractivity contribution in [3.8, 4) is 0 Å². The summed E-state index contributed by atoms with van der Waals surface area (Å²) in [6.07, 6.45) is -1.97. The first kappa shape index (κ1) is 25.7.